The van der Waals surface area contributed by atoms with Crippen LogP contribution >= 0.6 is 0 Å². The van der Waals surface area contributed by atoms with Gasteiger partial charge in [-0.2, -0.15) is 5.10 Å². The fourth-order valence-electron chi connectivity index (χ4n) is 3.63. The van der Waals surface area contributed by atoms with Crippen LogP contribution in [-0.2, 0) is 0 Å². The summed E-state index contributed by atoms with van der Waals surface area (Å²) in [6, 6.07) is 18.5. The largest absolute Gasteiger partial charge is 0.439 e. The van der Waals surface area contributed by atoms with Crippen LogP contribution in [0.2, 0.25) is 0 Å². The second-order valence-corrected chi connectivity index (χ2v) is 7.97. The summed E-state index contributed by atoms with van der Waals surface area (Å²) in [5.41, 5.74) is 4.74. The van der Waals surface area contributed by atoms with Crippen LogP contribution in [0.5, 0.6) is 11.6 Å². The lowest BCUT2D eigenvalue weighted by Crippen LogP contribution is -2.13. The number of aryl methyl sites for hydroxylation is 1. The van der Waals surface area contributed by atoms with E-state index in [2.05, 4.69) is 25.4 Å². The van der Waals surface area contributed by atoms with Gasteiger partial charge in [0.25, 0.3) is 5.91 Å². The van der Waals surface area contributed by atoms with E-state index in [9.17, 15) is 4.79 Å². The minimum absolute atomic E-state index is 0.232. The number of nitrogens with zero attached hydrogens (tertiary/aromatic N) is 6. The average molecular weight is 466 g/mol. The van der Waals surface area contributed by atoms with Crippen molar-refractivity contribution >= 4 is 11.6 Å². The Hall–Kier alpha value is -4.79. The van der Waals surface area contributed by atoms with Gasteiger partial charge in [0, 0.05) is 17.4 Å². The molecular weight excluding hydrogens is 442 g/mol. The van der Waals surface area contributed by atoms with E-state index in [0.717, 1.165) is 22.8 Å². The molecule has 0 bridgehead atoms. The van der Waals surface area contributed by atoms with E-state index in [4.69, 9.17) is 4.74 Å². The fourth-order valence-corrected chi connectivity index (χ4v) is 3.63. The molecule has 174 valence electrons. The summed E-state index contributed by atoms with van der Waals surface area (Å²) in [5, 5.41) is 7.27. The number of benzene rings is 2. The first-order valence-corrected chi connectivity index (χ1v) is 11.0. The molecule has 0 saturated carbocycles. The summed E-state index contributed by atoms with van der Waals surface area (Å²) in [6.07, 6.45) is 4.75. The summed E-state index contributed by atoms with van der Waals surface area (Å²) in [4.78, 5) is 25.6. The lowest BCUT2D eigenvalue weighted by atomic mass is 10.2. The van der Waals surface area contributed by atoms with Crippen molar-refractivity contribution in [3.63, 3.8) is 0 Å². The smallest absolute Gasteiger partial charge is 0.259 e. The number of imidazole rings is 1. The Morgan fingerprint density at radius 2 is 1.69 bits per heavy atom. The third-order valence-corrected chi connectivity index (χ3v) is 5.72. The minimum Gasteiger partial charge on any atom is -0.439 e. The first kappa shape index (κ1) is 22.0. The molecule has 9 heteroatoms. The van der Waals surface area contributed by atoms with Crippen molar-refractivity contribution in [2.24, 2.45) is 0 Å². The Morgan fingerprint density at radius 3 is 2.40 bits per heavy atom. The van der Waals surface area contributed by atoms with Crippen LogP contribution in [0.3, 0.4) is 0 Å². The highest BCUT2D eigenvalue weighted by atomic mass is 16.5. The molecule has 1 N–H and O–H groups in total. The molecule has 0 atom stereocenters. The lowest BCUT2D eigenvalue weighted by molar-refractivity contribution is 0.102. The molecule has 3 heterocycles. The van der Waals surface area contributed by atoms with E-state index in [1.165, 1.54) is 6.33 Å². The minimum atomic E-state index is -0.232. The van der Waals surface area contributed by atoms with Crippen molar-refractivity contribution in [2.75, 3.05) is 5.32 Å². The first-order valence-electron chi connectivity index (χ1n) is 11.0. The monoisotopic (exact) mass is 465 g/mol. The highest BCUT2D eigenvalue weighted by molar-refractivity contribution is 6.05. The van der Waals surface area contributed by atoms with E-state index < -0.39 is 0 Å². The highest BCUT2D eigenvalue weighted by Gasteiger charge is 2.15. The molecule has 0 fully saturated rings. The number of hydrogen-bond acceptors (Lipinski definition) is 6. The van der Waals surface area contributed by atoms with E-state index in [0.29, 0.717) is 28.7 Å². The van der Waals surface area contributed by atoms with Gasteiger partial charge in [-0.05, 0) is 57.2 Å². The van der Waals surface area contributed by atoms with Gasteiger partial charge in [-0.3, -0.25) is 9.36 Å². The summed E-state index contributed by atoms with van der Waals surface area (Å²) in [6.45, 7) is 5.79. The van der Waals surface area contributed by atoms with Crippen LogP contribution in [0.1, 0.15) is 27.4 Å². The van der Waals surface area contributed by atoms with Gasteiger partial charge in [-0.25, -0.2) is 19.6 Å². The van der Waals surface area contributed by atoms with Crippen molar-refractivity contribution in [2.45, 2.75) is 20.8 Å². The average Bonchev–Trinajstić information content (AvgIpc) is 3.43. The second-order valence-electron chi connectivity index (χ2n) is 7.97. The number of ether oxygens (including phenoxy) is 1. The summed E-state index contributed by atoms with van der Waals surface area (Å²) < 4.78 is 9.52. The summed E-state index contributed by atoms with van der Waals surface area (Å²) in [5.74, 6) is 1.42. The zero-order chi connectivity index (χ0) is 24.4. The molecule has 0 aliphatic carbocycles. The van der Waals surface area contributed by atoms with Crippen LogP contribution in [0, 0.1) is 20.8 Å². The topological polar surface area (TPSA) is 99.8 Å². The number of carbonyl (C=O) groups excluding carboxylic acids is 1. The number of nitrogens with one attached hydrogen (secondary N) is 1. The van der Waals surface area contributed by atoms with Crippen LogP contribution in [-0.4, -0.2) is 35.2 Å². The van der Waals surface area contributed by atoms with Crippen molar-refractivity contribution in [3.8, 4) is 23.1 Å². The maximum atomic E-state index is 12.8. The molecule has 0 aliphatic rings. The van der Waals surface area contributed by atoms with Crippen molar-refractivity contribution in [1.82, 2.24) is 29.3 Å². The van der Waals surface area contributed by atoms with Crippen LogP contribution in [0.4, 0.5) is 5.69 Å². The number of rotatable bonds is 6. The lowest BCUT2D eigenvalue weighted by Gasteiger charge is -2.09. The maximum Gasteiger partial charge on any atom is 0.259 e. The summed E-state index contributed by atoms with van der Waals surface area (Å²) in [7, 11) is 0. The molecule has 9 nitrogen and oxygen atoms in total. The van der Waals surface area contributed by atoms with Gasteiger partial charge in [0.2, 0.25) is 5.88 Å². The summed E-state index contributed by atoms with van der Waals surface area (Å²) >= 11 is 0. The number of anilines is 1. The molecular formula is C26H23N7O2. The van der Waals surface area contributed by atoms with Crippen LogP contribution < -0.4 is 10.1 Å². The number of hydrogen-bond donors (Lipinski definition) is 1. The molecule has 0 saturated heterocycles. The van der Waals surface area contributed by atoms with Gasteiger partial charge in [0.15, 0.2) is 0 Å². The molecule has 1 amide bonds. The number of aromatic nitrogens is 6. The standard InChI is InChI=1S/C26H23N7O2/c1-17-18(2)32(16-29-17)24-13-25(28-15-27-24)35-22-11-9-20(10-12-22)31-26(34)23-14-30-33(19(23)3)21-7-5-4-6-8-21/h4-16H,1-3H3,(H,31,34). The molecule has 0 spiro atoms. The Morgan fingerprint density at radius 1 is 0.914 bits per heavy atom. The molecule has 5 rings (SSSR count). The molecule has 0 aliphatic heterocycles. The maximum absolute atomic E-state index is 12.8. The normalized spacial score (nSPS) is 10.8. The zero-order valence-corrected chi connectivity index (χ0v) is 19.5. The van der Waals surface area contributed by atoms with Gasteiger partial charge in [0.05, 0.1) is 28.8 Å². The van der Waals surface area contributed by atoms with Crippen LogP contribution in [0.15, 0.2) is 79.5 Å². The molecule has 0 unspecified atom stereocenters. The van der Waals surface area contributed by atoms with Gasteiger partial charge >= 0.3 is 0 Å². The third-order valence-electron chi connectivity index (χ3n) is 5.72. The third kappa shape index (κ3) is 4.51. The molecule has 3 aromatic heterocycles. The van der Waals surface area contributed by atoms with Gasteiger partial charge in [-0.1, -0.05) is 18.2 Å². The predicted octanol–water partition coefficient (Wildman–Crippen LogP) is 4.82. The van der Waals surface area contributed by atoms with Crippen molar-refractivity contribution in [3.05, 3.63) is 102 Å². The number of carbonyl (C=O) groups is 1. The van der Waals surface area contributed by atoms with Crippen LogP contribution in [0.25, 0.3) is 11.5 Å². The SMILES string of the molecule is Cc1ncn(-c2cc(Oc3ccc(NC(=O)c4cnn(-c5ccccc5)c4C)cc3)ncn2)c1C. The van der Waals surface area contributed by atoms with E-state index in [1.807, 2.05) is 55.7 Å². The number of para-hydroxylation sites is 1. The molecule has 0 radical (unpaired) electrons. The second kappa shape index (κ2) is 9.22. The highest BCUT2D eigenvalue weighted by Crippen LogP contribution is 2.24. The van der Waals surface area contributed by atoms with Gasteiger partial charge in [-0.15, -0.1) is 0 Å². The first-order chi connectivity index (χ1) is 17.0. The molecule has 5 aromatic rings. The fraction of sp³-hybridized carbons (Fsp3) is 0.115. The molecule has 2 aromatic carbocycles. The molecule has 35 heavy (non-hydrogen) atoms. The van der Waals surface area contributed by atoms with Crippen molar-refractivity contribution in [1.29, 1.82) is 0 Å². The quantitative estimate of drug-likeness (QED) is 0.386. The Kier molecular flexibility index (Phi) is 5.80. The van der Waals surface area contributed by atoms with E-state index in [-0.39, 0.29) is 5.91 Å². The Labute approximate surface area is 202 Å². The van der Waals surface area contributed by atoms with Gasteiger partial charge in [0.1, 0.15) is 24.2 Å². The zero-order valence-electron chi connectivity index (χ0n) is 19.5. The van der Waals surface area contributed by atoms with E-state index in [1.54, 1.807) is 47.5 Å². The van der Waals surface area contributed by atoms with Crippen molar-refractivity contribution < 1.29 is 9.53 Å². The Bertz CT molecular complexity index is 1490. The predicted molar refractivity (Wildman–Crippen MR) is 131 cm³/mol. The Balaban J connectivity index is 1.27. The number of amides is 1. The van der Waals surface area contributed by atoms with Gasteiger partial charge < -0.3 is 10.1 Å². The van der Waals surface area contributed by atoms with E-state index >= 15 is 0 Å².